The molecule has 0 radical (unpaired) electrons. The van der Waals surface area contributed by atoms with Crippen LogP contribution in [-0.2, 0) is 6.18 Å². The number of aromatic nitrogens is 1. The van der Waals surface area contributed by atoms with Crippen LogP contribution in [0.25, 0.3) is 11.3 Å². The van der Waals surface area contributed by atoms with E-state index in [-0.39, 0.29) is 0 Å². The van der Waals surface area contributed by atoms with Gasteiger partial charge >= 0.3 is 6.18 Å². The first-order chi connectivity index (χ1) is 7.07. The Kier molecular flexibility index (Phi) is 2.26. The van der Waals surface area contributed by atoms with Gasteiger partial charge in [0, 0.05) is 11.9 Å². The monoisotopic (exact) mass is 211 g/mol. The Balaban J connectivity index is 2.44. The summed E-state index contributed by atoms with van der Waals surface area (Å²) in [6.45, 7) is 0. The summed E-state index contributed by atoms with van der Waals surface area (Å²) < 4.78 is 37.2. The van der Waals surface area contributed by atoms with Gasteiger partial charge in [-0.05, 0) is 29.8 Å². The number of H-pyrrole nitrogens is 1. The van der Waals surface area contributed by atoms with Gasteiger partial charge in [-0.2, -0.15) is 13.2 Å². The van der Waals surface area contributed by atoms with Crippen molar-refractivity contribution in [1.82, 2.24) is 4.98 Å². The molecule has 0 aliphatic heterocycles. The van der Waals surface area contributed by atoms with Gasteiger partial charge in [-0.3, -0.25) is 0 Å². The standard InChI is InChI=1S/C11H8F3N/c12-11(13,14)9-4-1-3-8(7-9)10-5-2-6-15-10/h1-7,15H. The van der Waals surface area contributed by atoms with E-state index in [2.05, 4.69) is 4.98 Å². The average Bonchev–Trinajstić information content (AvgIpc) is 2.69. The molecule has 0 atom stereocenters. The number of aromatic amines is 1. The van der Waals surface area contributed by atoms with Crippen LogP contribution in [0.4, 0.5) is 13.2 Å². The molecule has 1 nitrogen and oxygen atoms in total. The molecule has 0 bridgehead atoms. The number of nitrogens with one attached hydrogen (secondary N) is 1. The summed E-state index contributed by atoms with van der Waals surface area (Å²) in [6.07, 6.45) is -2.61. The van der Waals surface area contributed by atoms with E-state index in [9.17, 15) is 13.2 Å². The summed E-state index contributed by atoms with van der Waals surface area (Å²) in [5.74, 6) is 0. The predicted octanol–water partition coefficient (Wildman–Crippen LogP) is 3.70. The van der Waals surface area contributed by atoms with Crippen LogP contribution in [-0.4, -0.2) is 4.98 Å². The third kappa shape index (κ3) is 2.03. The fourth-order valence-corrected chi connectivity index (χ4v) is 1.37. The van der Waals surface area contributed by atoms with E-state index in [4.69, 9.17) is 0 Å². The molecule has 4 heteroatoms. The maximum atomic E-state index is 12.4. The molecule has 1 aromatic carbocycles. The Labute approximate surface area is 84.6 Å². The summed E-state index contributed by atoms with van der Waals surface area (Å²) in [5, 5.41) is 0. The number of rotatable bonds is 1. The predicted molar refractivity (Wildman–Crippen MR) is 51.2 cm³/mol. The van der Waals surface area contributed by atoms with Crippen LogP contribution in [0.2, 0.25) is 0 Å². The Hall–Kier alpha value is -1.71. The van der Waals surface area contributed by atoms with Crippen LogP contribution < -0.4 is 0 Å². The lowest BCUT2D eigenvalue weighted by Gasteiger charge is -2.07. The summed E-state index contributed by atoms with van der Waals surface area (Å²) in [6, 6.07) is 8.71. The van der Waals surface area contributed by atoms with Crippen molar-refractivity contribution in [2.45, 2.75) is 6.18 Å². The Morgan fingerprint density at radius 3 is 2.40 bits per heavy atom. The smallest absolute Gasteiger partial charge is 0.361 e. The van der Waals surface area contributed by atoms with Crippen molar-refractivity contribution in [3.8, 4) is 11.3 Å². The second kappa shape index (κ2) is 3.46. The lowest BCUT2D eigenvalue weighted by atomic mass is 10.1. The number of halogens is 3. The number of hydrogen-bond donors (Lipinski definition) is 1. The van der Waals surface area contributed by atoms with Gasteiger partial charge in [0.05, 0.1) is 5.56 Å². The van der Waals surface area contributed by atoms with Crippen molar-refractivity contribution in [3.05, 3.63) is 48.2 Å². The third-order valence-electron chi connectivity index (χ3n) is 2.10. The number of alkyl halides is 3. The van der Waals surface area contributed by atoms with Gasteiger partial charge in [-0.15, -0.1) is 0 Å². The zero-order valence-electron chi connectivity index (χ0n) is 7.68. The molecule has 2 aromatic rings. The van der Waals surface area contributed by atoms with E-state index in [0.717, 1.165) is 12.1 Å². The van der Waals surface area contributed by atoms with Crippen LogP contribution >= 0.6 is 0 Å². The first-order valence-corrected chi connectivity index (χ1v) is 4.38. The highest BCUT2D eigenvalue weighted by molar-refractivity contribution is 5.60. The number of benzene rings is 1. The SMILES string of the molecule is FC(F)(F)c1cccc(-c2ccc[nH]2)c1. The molecule has 2 rings (SSSR count). The normalized spacial score (nSPS) is 11.7. The molecule has 0 amide bonds. The van der Waals surface area contributed by atoms with Crippen LogP contribution in [0, 0.1) is 0 Å². The van der Waals surface area contributed by atoms with Crippen molar-refractivity contribution >= 4 is 0 Å². The fourth-order valence-electron chi connectivity index (χ4n) is 1.37. The summed E-state index contributed by atoms with van der Waals surface area (Å²) in [4.78, 5) is 2.86. The zero-order valence-corrected chi connectivity index (χ0v) is 7.68. The minimum absolute atomic E-state index is 0.537. The van der Waals surface area contributed by atoms with Crippen molar-refractivity contribution in [1.29, 1.82) is 0 Å². The molecule has 0 aliphatic carbocycles. The van der Waals surface area contributed by atoms with Gasteiger partial charge in [0.1, 0.15) is 0 Å². The molecule has 0 aliphatic rings. The van der Waals surface area contributed by atoms with Crippen LogP contribution in [0.3, 0.4) is 0 Å². The van der Waals surface area contributed by atoms with Gasteiger partial charge in [0.15, 0.2) is 0 Å². The van der Waals surface area contributed by atoms with E-state index in [1.54, 1.807) is 24.4 Å². The largest absolute Gasteiger partial charge is 0.416 e. The Bertz CT molecular complexity index is 443. The molecular weight excluding hydrogens is 203 g/mol. The van der Waals surface area contributed by atoms with E-state index >= 15 is 0 Å². The molecule has 0 spiro atoms. The minimum Gasteiger partial charge on any atom is -0.361 e. The zero-order chi connectivity index (χ0) is 10.9. The van der Waals surface area contributed by atoms with E-state index < -0.39 is 11.7 Å². The fraction of sp³-hybridized carbons (Fsp3) is 0.0909. The van der Waals surface area contributed by atoms with Crippen LogP contribution in [0.15, 0.2) is 42.6 Å². The van der Waals surface area contributed by atoms with E-state index in [1.165, 1.54) is 6.07 Å². The summed E-state index contributed by atoms with van der Waals surface area (Å²) in [7, 11) is 0. The van der Waals surface area contributed by atoms with Gasteiger partial charge in [-0.25, -0.2) is 0 Å². The molecule has 0 unspecified atom stereocenters. The molecule has 1 N–H and O–H groups in total. The van der Waals surface area contributed by atoms with E-state index in [0.29, 0.717) is 11.3 Å². The van der Waals surface area contributed by atoms with E-state index in [1.807, 2.05) is 0 Å². The molecule has 78 valence electrons. The molecule has 1 aromatic heterocycles. The maximum absolute atomic E-state index is 12.4. The molecule has 0 saturated heterocycles. The van der Waals surface area contributed by atoms with Crippen molar-refractivity contribution in [3.63, 3.8) is 0 Å². The third-order valence-corrected chi connectivity index (χ3v) is 2.10. The molecule has 1 heterocycles. The Morgan fingerprint density at radius 2 is 1.80 bits per heavy atom. The van der Waals surface area contributed by atoms with Crippen molar-refractivity contribution < 1.29 is 13.2 Å². The summed E-state index contributed by atoms with van der Waals surface area (Å²) >= 11 is 0. The first kappa shape index (κ1) is 9.83. The second-order valence-corrected chi connectivity index (χ2v) is 3.16. The van der Waals surface area contributed by atoms with Crippen molar-refractivity contribution in [2.24, 2.45) is 0 Å². The molecule has 15 heavy (non-hydrogen) atoms. The maximum Gasteiger partial charge on any atom is 0.416 e. The van der Waals surface area contributed by atoms with Gasteiger partial charge < -0.3 is 4.98 Å². The molecule has 0 saturated carbocycles. The van der Waals surface area contributed by atoms with Crippen molar-refractivity contribution in [2.75, 3.05) is 0 Å². The lowest BCUT2D eigenvalue weighted by molar-refractivity contribution is -0.137. The van der Waals surface area contributed by atoms with Gasteiger partial charge in [0.25, 0.3) is 0 Å². The Morgan fingerprint density at radius 1 is 1.00 bits per heavy atom. The minimum atomic E-state index is -4.29. The van der Waals surface area contributed by atoms with Gasteiger partial charge in [-0.1, -0.05) is 12.1 Å². The molecular formula is C11H8F3N. The van der Waals surface area contributed by atoms with Gasteiger partial charge in [0.2, 0.25) is 0 Å². The first-order valence-electron chi connectivity index (χ1n) is 4.38. The topological polar surface area (TPSA) is 15.8 Å². The number of hydrogen-bond acceptors (Lipinski definition) is 0. The quantitative estimate of drug-likeness (QED) is 0.740. The highest BCUT2D eigenvalue weighted by atomic mass is 19.4. The summed E-state index contributed by atoms with van der Waals surface area (Å²) in [5.41, 5.74) is 0.588. The lowest BCUT2D eigenvalue weighted by Crippen LogP contribution is -2.04. The highest BCUT2D eigenvalue weighted by Crippen LogP contribution is 2.31. The van der Waals surface area contributed by atoms with Crippen LogP contribution in [0.5, 0.6) is 0 Å². The van der Waals surface area contributed by atoms with Crippen LogP contribution in [0.1, 0.15) is 5.56 Å². The average molecular weight is 211 g/mol. The molecule has 0 fully saturated rings. The highest BCUT2D eigenvalue weighted by Gasteiger charge is 2.30. The second-order valence-electron chi connectivity index (χ2n) is 3.16.